The van der Waals surface area contributed by atoms with Crippen LogP contribution in [0.2, 0.25) is 0 Å². The lowest BCUT2D eigenvalue weighted by atomic mass is 10.1. The van der Waals surface area contributed by atoms with Crippen LogP contribution >= 0.6 is 0 Å². The Morgan fingerprint density at radius 3 is 2.67 bits per heavy atom. The van der Waals surface area contributed by atoms with Gasteiger partial charge in [0.1, 0.15) is 0 Å². The molecular weight excluding hydrogens is 226 g/mol. The van der Waals surface area contributed by atoms with Crippen LogP contribution in [0.15, 0.2) is 0 Å². The van der Waals surface area contributed by atoms with Gasteiger partial charge in [0.05, 0.1) is 0 Å². The van der Waals surface area contributed by atoms with Crippen LogP contribution in [0.1, 0.15) is 33.1 Å². The third kappa shape index (κ3) is 3.69. The van der Waals surface area contributed by atoms with Crippen LogP contribution in [0.4, 0.5) is 0 Å². The van der Waals surface area contributed by atoms with Gasteiger partial charge in [-0.1, -0.05) is 13.8 Å². The third-order valence-electron chi connectivity index (χ3n) is 4.12. The van der Waals surface area contributed by atoms with Gasteiger partial charge in [0.15, 0.2) is 0 Å². The van der Waals surface area contributed by atoms with Crippen LogP contribution < -0.4 is 5.32 Å². The fraction of sp³-hybridized carbons (Fsp3) is 0.929. The predicted molar refractivity (Wildman–Crippen MR) is 73.5 cm³/mol. The van der Waals surface area contributed by atoms with Gasteiger partial charge in [0, 0.05) is 51.7 Å². The Balaban J connectivity index is 1.75. The van der Waals surface area contributed by atoms with Crippen molar-refractivity contribution in [3.05, 3.63) is 0 Å². The number of rotatable bonds is 4. The number of nitrogens with one attached hydrogen (secondary N) is 1. The summed E-state index contributed by atoms with van der Waals surface area (Å²) >= 11 is 0. The molecule has 18 heavy (non-hydrogen) atoms. The zero-order chi connectivity index (χ0) is 13.0. The van der Waals surface area contributed by atoms with E-state index < -0.39 is 0 Å². The van der Waals surface area contributed by atoms with Gasteiger partial charge in [-0.15, -0.1) is 0 Å². The molecule has 0 spiro atoms. The Morgan fingerprint density at radius 1 is 1.28 bits per heavy atom. The molecule has 1 N–H and O–H groups in total. The molecule has 0 radical (unpaired) electrons. The van der Waals surface area contributed by atoms with Crippen molar-refractivity contribution in [1.29, 1.82) is 0 Å². The second-order valence-electron chi connectivity index (χ2n) is 6.00. The summed E-state index contributed by atoms with van der Waals surface area (Å²) in [6, 6.07) is 0.607. The smallest absolute Gasteiger partial charge is 0.222 e. The zero-order valence-electron chi connectivity index (χ0n) is 11.8. The Kier molecular flexibility index (Phi) is 5.01. The number of likely N-dealkylation sites (tertiary alicyclic amines) is 1. The number of hydrogen-bond donors (Lipinski definition) is 1. The van der Waals surface area contributed by atoms with Crippen LogP contribution in [0.5, 0.6) is 0 Å². The van der Waals surface area contributed by atoms with E-state index in [4.69, 9.17) is 0 Å². The van der Waals surface area contributed by atoms with E-state index in [-0.39, 0.29) is 0 Å². The van der Waals surface area contributed by atoms with Gasteiger partial charge in [-0.05, 0) is 18.8 Å². The minimum Gasteiger partial charge on any atom is -0.341 e. The Labute approximate surface area is 111 Å². The summed E-state index contributed by atoms with van der Waals surface area (Å²) in [5.41, 5.74) is 0. The van der Waals surface area contributed by atoms with E-state index in [0.29, 0.717) is 17.9 Å². The van der Waals surface area contributed by atoms with E-state index in [9.17, 15) is 4.79 Å². The Hall–Kier alpha value is -0.610. The maximum atomic E-state index is 12.1. The monoisotopic (exact) mass is 253 g/mol. The second kappa shape index (κ2) is 6.53. The molecule has 2 saturated heterocycles. The van der Waals surface area contributed by atoms with Crippen molar-refractivity contribution in [2.45, 2.75) is 39.2 Å². The van der Waals surface area contributed by atoms with Crippen molar-refractivity contribution >= 4 is 5.91 Å². The van der Waals surface area contributed by atoms with E-state index >= 15 is 0 Å². The summed E-state index contributed by atoms with van der Waals surface area (Å²) in [6.07, 6.45) is 2.91. The maximum Gasteiger partial charge on any atom is 0.222 e. The molecule has 2 aliphatic rings. The first-order valence-electron chi connectivity index (χ1n) is 7.39. The van der Waals surface area contributed by atoms with Crippen molar-refractivity contribution in [2.75, 3.05) is 39.3 Å². The molecule has 0 saturated carbocycles. The van der Waals surface area contributed by atoms with Crippen LogP contribution in [0.3, 0.4) is 0 Å². The SMILES string of the molecule is CC(C)CCC(=O)N1CCC(N2CCNCC2)C1. The maximum absolute atomic E-state index is 12.1. The normalized spacial score (nSPS) is 25.9. The molecule has 0 aliphatic carbocycles. The van der Waals surface area contributed by atoms with Crippen molar-refractivity contribution in [3.63, 3.8) is 0 Å². The van der Waals surface area contributed by atoms with Crippen molar-refractivity contribution < 1.29 is 4.79 Å². The van der Waals surface area contributed by atoms with Gasteiger partial charge < -0.3 is 10.2 Å². The zero-order valence-corrected chi connectivity index (χ0v) is 11.8. The second-order valence-corrected chi connectivity index (χ2v) is 6.00. The summed E-state index contributed by atoms with van der Waals surface area (Å²) < 4.78 is 0. The quantitative estimate of drug-likeness (QED) is 0.809. The molecule has 2 rings (SSSR count). The average Bonchev–Trinajstić information content (AvgIpc) is 2.86. The summed E-state index contributed by atoms with van der Waals surface area (Å²) in [5.74, 6) is 0.988. The molecule has 1 amide bonds. The predicted octanol–water partition coefficient (Wildman–Crippen LogP) is 0.929. The average molecular weight is 253 g/mol. The molecule has 1 unspecified atom stereocenters. The van der Waals surface area contributed by atoms with Crippen molar-refractivity contribution in [2.24, 2.45) is 5.92 Å². The molecule has 0 aromatic heterocycles. The fourth-order valence-corrected chi connectivity index (χ4v) is 2.88. The summed E-state index contributed by atoms with van der Waals surface area (Å²) in [5, 5.41) is 3.38. The highest BCUT2D eigenvalue weighted by atomic mass is 16.2. The fourth-order valence-electron chi connectivity index (χ4n) is 2.88. The number of hydrogen-bond acceptors (Lipinski definition) is 3. The summed E-state index contributed by atoms with van der Waals surface area (Å²) in [7, 11) is 0. The van der Waals surface area contributed by atoms with E-state index in [1.165, 1.54) is 0 Å². The van der Waals surface area contributed by atoms with Gasteiger partial charge in [-0.2, -0.15) is 0 Å². The Bertz CT molecular complexity index is 274. The van der Waals surface area contributed by atoms with Gasteiger partial charge in [0.25, 0.3) is 0 Å². The molecule has 4 heteroatoms. The van der Waals surface area contributed by atoms with Gasteiger partial charge in [-0.25, -0.2) is 0 Å². The van der Waals surface area contributed by atoms with Crippen LogP contribution in [0, 0.1) is 5.92 Å². The highest BCUT2D eigenvalue weighted by molar-refractivity contribution is 5.76. The lowest BCUT2D eigenvalue weighted by Gasteiger charge is -2.32. The lowest BCUT2D eigenvalue weighted by Crippen LogP contribution is -2.49. The first-order chi connectivity index (χ1) is 8.66. The van der Waals surface area contributed by atoms with Crippen LogP contribution in [0.25, 0.3) is 0 Å². The van der Waals surface area contributed by atoms with E-state index in [1.807, 2.05) is 0 Å². The van der Waals surface area contributed by atoms with Gasteiger partial charge in [0.2, 0.25) is 5.91 Å². The first kappa shape index (κ1) is 13.8. The minimum absolute atomic E-state index is 0.362. The number of carbonyl (C=O) groups excluding carboxylic acids is 1. The summed E-state index contributed by atoms with van der Waals surface area (Å²) in [6.45, 7) is 10.7. The lowest BCUT2D eigenvalue weighted by molar-refractivity contribution is -0.130. The number of piperazine rings is 1. The van der Waals surface area contributed by atoms with Crippen molar-refractivity contribution in [3.8, 4) is 0 Å². The summed E-state index contributed by atoms with van der Waals surface area (Å²) in [4.78, 5) is 16.7. The van der Waals surface area contributed by atoms with E-state index in [2.05, 4.69) is 29.0 Å². The Morgan fingerprint density at radius 2 is 2.00 bits per heavy atom. The standard InChI is InChI=1S/C14H27N3O/c1-12(2)3-4-14(18)17-8-5-13(11-17)16-9-6-15-7-10-16/h12-13,15H,3-11H2,1-2H3. The number of nitrogens with zero attached hydrogens (tertiary/aromatic N) is 2. The van der Waals surface area contributed by atoms with Crippen LogP contribution in [-0.4, -0.2) is 61.0 Å². The molecule has 104 valence electrons. The van der Waals surface area contributed by atoms with E-state index in [0.717, 1.165) is 58.5 Å². The molecule has 0 aromatic rings. The van der Waals surface area contributed by atoms with Crippen LogP contribution in [-0.2, 0) is 4.79 Å². The number of amides is 1. The number of carbonyl (C=O) groups is 1. The highest BCUT2D eigenvalue weighted by Crippen LogP contribution is 2.18. The molecular formula is C14H27N3O. The molecule has 0 bridgehead atoms. The molecule has 2 aliphatic heterocycles. The molecule has 2 fully saturated rings. The van der Waals surface area contributed by atoms with E-state index in [1.54, 1.807) is 0 Å². The van der Waals surface area contributed by atoms with Gasteiger partial charge in [-0.3, -0.25) is 9.69 Å². The third-order valence-corrected chi connectivity index (χ3v) is 4.12. The topological polar surface area (TPSA) is 35.6 Å². The first-order valence-corrected chi connectivity index (χ1v) is 7.39. The minimum atomic E-state index is 0.362. The van der Waals surface area contributed by atoms with Gasteiger partial charge >= 0.3 is 0 Å². The molecule has 4 nitrogen and oxygen atoms in total. The molecule has 1 atom stereocenters. The molecule has 0 aromatic carbocycles. The molecule has 2 heterocycles. The van der Waals surface area contributed by atoms with Crippen molar-refractivity contribution in [1.82, 2.24) is 15.1 Å². The largest absolute Gasteiger partial charge is 0.341 e. The highest BCUT2D eigenvalue weighted by Gasteiger charge is 2.30.